The first-order chi connectivity index (χ1) is 7.85. The summed E-state index contributed by atoms with van der Waals surface area (Å²) < 4.78 is 5.25. The summed E-state index contributed by atoms with van der Waals surface area (Å²) in [6.45, 7) is 2.43. The summed E-state index contributed by atoms with van der Waals surface area (Å²) in [6, 6.07) is 5.39. The van der Waals surface area contributed by atoms with Gasteiger partial charge in [0.2, 0.25) is 0 Å². The van der Waals surface area contributed by atoms with Gasteiger partial charge in [-0.2, -0.15) is 0 Å². The minimum Gasteiger partial charge on any atom is -0.383 e. The second kappa shape index (κ2) is 5.77. The molecular weight excluding hydrogens is 220 g/mol. The molecule has 0 bridgehead atoms. The SMILES string of the molecule is COCC(CN)N(Cc1cccs1)C1CC1. The highest BCUT2D eigenvalue weighted by molar-refractivity contribution is 7.09. The van der Waals surface area contributed by atoms with Gasteiger partial charge in [-0.25, -0.2) is 0 Å². The normalized spacial score (nSPS) is 17.9. The van der Waals surface area contributed by atoms with Crippen molar-refractivity contribution in [1.29, 1.82) is 0 Å². The van der Waals surface area contributed by atoms with Gasteiger partial charge in [-0.3, -0.25) is 4.90 Å². The van der Waals surface area contributed by atoms with Crippen molar-refractivity contribution in [3.05, 3.63) is 22.4 Å². The Morgan fingerprint density at radius 3 is 2.94 bits per heavy atom. The molecule has 2 N–H and O–H groups in total. The Morgan fingerprint density at radius 1 is 1.62 bits per heavy atom. The monoisotopic (exact) mass is 240 g/mol. The summed E-state index contributed by atoms with van der Waals surface area (Å²) in [5, 5.41) is 2.13. The van der Waals surface area contributed by atoms with E-state index in [0.717, 1.165) is 19.2 Å². The number of nitrogens with zero attached hydrogens (tertiary/aromatic N) is 1. The minimum absolute atomic E-state index is 0.361. The number of nitrogens with two attached hydrogens (primary N) is 1. The fourth-order valence-corrected chi connectivity index (χ4v) is 2.75. The third kappa shape index (κ3) is 3.04. The standard InChI is InChI=1S/C12H20N2OS/c1-15-9-11(7-13)14(10-4-5-10)8-12-3-2-6-16-12/h2-3,6,10-11H,4-5,7-9,13H2,1H3. The summed E-state index contributed by atoms with van der Waals surface area (Å²) in [7, 11) is 1.75. The number of thiophene rings is 1. The van der Waals surface area contributed by atoms with Crippen molar-refractivity contribution in [2.75, 3.05) is 20.3 Å². The fraction of sp³-hybridized carbons (Fsp3) is 0.667. The first-order valence-corrected chi connectivity index (χ1v) is 6.70. The van der Waals surface area contributed by atoms with Crippen molar-refractivity contribution in [3.8, 4) is 0 Å². The van der Waals surface area contributed by atoms with Crippen LogP contribution in [0.2, 0.25) is 0 Å². The van der Waals surface area contributed by atoms with Crippen LogP contribution in [-0.4, -0.2) is 37.2 Å². The van der Waals surface area contributed by atoms with Crippen LogP contribution in [0.1, 0.15) is 17.7 Å². The van der Waals surface area contributed by atoms with Crippen LogP contribution in [0.15, 0.2) is 17.5 Å². The van der Waals surface area contributed by atoms with Crippen LogP contribution in [0.5, 0.6) is 0 Å². The topological polar surface area (TPSA) is 38.5 Å². The Morgan fingerprint density at radius 2 is 2.44 bits per heavy atom. The molecule has 0 radical (unpaired) electrons. The average Bonchev–Trinajstić information content (AvgIpc) is 3.01. The lowest BCUT2D eigenvalue weighted by Crippen LogP contribution is -2.44. The second-order valence-electron chi connectivity index (χ2n) is 4.33. The molecule has 1 aliphatic rings. The van der Waals surface area contributed by atoms with Crippen molar-refractivity contribution in [3.63, 3.8) is 0 Å². The van der Waals surface area contributed by atoms with E-state index in [1.807, 2.05) is 11.3 Å². The molecule has 0 saturated heterocycles. The molecule has 2 rings (SSSR count). The minimum atomic E-state index is 0.361. The van der Waals surface area contributed by atoms with Crippen molar-refractivity contribution >= 4 is 11.3 Å². The highest BCUT2D eigenvalue weighted by Crippen LogP contribution is 2.30. The largest absolute Gasteiger partial charge is 0.383 e. The molecule has 0 aromatic carbocycles. The molecule has 16 heavy (non-hydrogen) atoms. The molecule has 90 valence electrons. The van der Waals surface area contributed by atoms with Gasteiger partial charge < -0.3 is 10.5 Å². The molecule has 0 spiro atoms. The molecule has 1 aliphatic carbocycles. The first-order valence-electron chi connectivity index (χ1n) is 5.82. The maximum atomic E-state index is 5.84. The van der Waals surface area contributed by atoms with Gasteiger partial charge >= 0.3 is 0 Å². The van der Waals surface area contributed by atoms with Gasteiger partial charge in [0.05, 0.1) is 6.61 Å². The molecule has 1 heterocycles. The van der Waals surface area contributed by atoms with Crippen molar-refractivity contribution < 1.29 is 4.74 Å². The Kier molecular flexibility index (Phi) is 4.35. The molecule has 1 aromatic heterocycles. The highest BCUT2D eigenvalue weighted by atomic mass is 32.1. The van der Waals surface area contributed by atoms with E-state index in [1.165, 1.54) is 17.7 Å². The summed E-state index contributed by atoms with van der Waals surface area (Å²) in [5.74, 6) is 0. The summed E-state index contributed by atoms with van der Waals surface area (Å²) >= 11 is 1.82. The lowest BCUT2D eigenvalue weighted by molar-refractivity contribution is 0.0843. The molecule has 1 aromatic rings. The molecule has 4 heteroatoms. The van der Waals surface area contributed by atoms with E-state index in [-0.39, 0.29) is 0 Å². The predicted molar refractivity (Wildman–Crippen MR) is 67.6 cm³/mol. The number of methoxy groups -OCH3 is 1. The lowest BCUT2D eigenvalue weighted by atomic mass is 10.2. The van der Waals surface area contributed by atoms with E-state index >= 15 is 0 Å². The number of ether oxygens (including phenoxy) is 1. The number of hydrogen-bond donors (Lipinski definition) is 1. The van der Waals surface area contributed by atoms with Crippen LogP contribution >= 0.6 is 11.3 Å². The van der Waals surface area contributed by atoms with Crippen molar-refractivity contribution in [1.82, 2.24) is 4.90 Å². The molecule has 1 unspecified atom stereocenters. The molecule has 3 nitrogen and oxygen atoms in total. The fourth-order valence-electron chi connectivity index (χ4n) is 2.04. The van der Waals surface area contributed by atoms with Crippen LogP contribution in [0.25, 0.3) is 0 Å². The zero-order valence-corrected chi connectivity index (χ0v) is 10.6. The van der Waals surface area contributed by atoms with Gasteiger partial charge in [-0.15, -0.1) is 11.3 Å². The van der Waals surface area contributed by atoms with E-state index in [4.69, 9.17) is 10.5 Å². The van der Waals surface area contributed by atoms with E-state index < -0.39 is 0 Å². The molecule has 0 amide bonds. The van der Waals surface area contributed by atoms with Crippen LogP contribution in [0.3, 0.4) is 0 Å². The first kappa shape index (κ1) is 12.0. The Labute approximate surface area is 101 Å². The van der Waals surface area contributed by atoms with Crippen LogP contribution < -0.4 is 5.73 Å². The van der Waals surface area contributed by atoms with Gasteiger partial charge in [-0.1, -0.05) is 6.07 Å². The third-order valence-corrected chi connectivity index (χ3v) is 3.90. The van der Waals surface area contributed by atoms with Crippen molar-refractivity contribution in [2.24, 2.45) is 5.73 Å². The zero-order valence-electron chi connectivity index (χ0n) is 9.76. The summed E-state index contributed by atoms with van der Waals surface area (Å²) in [5.41, 5.74) is 5.84. The third-order valence-electron chi connectivity index (χ3n) is 3.03. The van der Waals surface area contributed by atoms with Gasteiger partial charge in [0.15, 0.2) is 0 Å². The maximum Gasteiger partial charge on any atom is 0.0630 e. The summed E-state index contributed by atoms with van der Waals surface area (Å²) in [6.07, 6.45) is 2.62. The van der Waals surface area contributed by atoms with E-state index in [0.29, 0.717) is 12.6 Å². The Hall–Kier alpha value is -0.420. The highest BCUT2D eigenvalue weighted by Gasteiger charge is 2.33. The van der Waals surface area contributed by atoms with Crippen molar-refractivity contribution in [2.45, 2.75) is 31.5 Å². The second-order valence-corrected chi connectivity index (χ2v) is 5.36. The smallest absolute Gasteiger partial charge is 0.0630 e. The zero-order chi connectivity index (χ0) is 11.4. The van der Waals surface area contributed by atoms with E-state index in [1.54, 1.807) is 7.11 Å². The molecular formula is C12H20N2OS. The molecule has 1 fully saturated rings. The van der Waals surface area contributed by atoms with Crippen LogP contribution in [0.4, 0.5) is 0 Å². The Balaban J connectivity index is 1.98. The van der Waals surface area contributed by atoms with Crippen LogP contribution in [-0.2, 0) is 11.3 Å². The lowest BCUT2D eigenvalue weighted by Gasteiger charge is -2.30. The number of rotatable bonds is 7. The molecule has 1 saturated carbocycles. The summed E-state index contributed by atoms with van der Waals surface area (Å²) in [4.78, 5) is 3.93. The predicted octanol–water partition coefficient (Wildman–Crippen LogP) is 1.69. The van der Waals surface area contributed by atoms with E-state index in [2.05, 4.69) is 22.4 Å². The average molecular weight is 240 g/mol. The van der Waals surface area contributed by atoms with E-state index in [9.17, 15) is 0 Å². The molecule has 1 atom stereocenters. The van der Waals surface area contributed by atoms with Gasteiger partial charge in [0, 0.05) is 37.2 Å². The maximum absolute atomic E-state index is 5.84. The molecule has 0 aliphatic heterocycles. The van der Waals surface area contributed by atoms with Crippen LogP contribution in [0, 0.1) is 0 Å². The van der Waals surface area contributed by atoms with Gasteiger partial charge in [-0.05, 0) is 24.3 Å². The van der Waals surface area contributed by atoms with Gasteiger partial charge in [0.25, 0.3) is 0 Å². The van der Waals surface area contributed by atoms with Gasteiger partial charge in [0.1, 0.15) is 0 Å². The number of hydrogen-bond acceptors (Lipinski definition) is 4. The quantitative estimate of drug-likeness (QED) is 0.788. The Bertz CT molecular complexity index is 298.